The Hall–Kier alpha value is -2.49. The molecule has 0 radical (unpaired) electrons. The molecule has 0 atom stereocenters. The van der Waals surface area contributed by atoms with Crippen LogP contribution in [0.3, 0.4) is 0 Å². The van der Waals surface area contributed by atoms with Crippen LogP contribution in [0.2, 0.25) is 0 Å². The van der Waals surface area contributed by atoms with Gasteiger partial charge in [-0.3, -0.25) is 4.79 Å². The van der Waals surface area contributed by atoms with Gasteiger partial charge in [0.1, 0.15) is 13.2 Å². The molecule has 130 valence electrons. The van der Waals surface area contributed by atoms with Crippen molar-refractivity contribution in [2.24, 2.45) is 0 Å². The van der Waals surface area contributed by atoms with Crippen LogP contribution in [0.4, 0.5) is 5.69 Å². The number of ether oxygens (including phenoxy) is 2. The Labute approximate surface area is 148 Å². The smallest absolute Gasteiger partial charge is 0.235 e. The number of hydrogen-bond donors (Lipinski definition) is 1. The second-order valence-electron chi connectivity index (χ2n) is 7.17. The molecule has 4 heteroatoms. The Morgan fingerprint density at radius 3 is 2.32 bits per heavy atom. The predicted molar refractivity (Wildman–Crippen MR) is 97.5 cm³/mol. The number of hydrogen-bond acceptors (Lipinski definition) is 3. The van der Waals surface area contributed by atoms with Crippen LogP contribution in [0.1, 0.15) is 43.7 Å². The molecule has 1 aliphatic carbocycles. The zero-order valence-corrected chi connectivity index (χ0v) is 14.7. The van der Waals surface area contributed by atoms with Gasteiger partial charge in [0.15, 0.2) is 11.5 Å². The second-order valence-corrected chi connectivity index (χ2v) is 7.17. The summed E-state index contributed by atoms with van der Waals surface area (Å²) in [5.41, 5.74) is 2.68. The number of fused-ring (bicyclic) bond motifs is 1. The van der Waals surface area contributed by atoms with Gasteiger partial charge in [0.05, 0.1) is 5.41 Å². The molecule has 1 saturated carbocycles. The Morgan fingerprint density at radius 2 is 1.68 bits per heavy atom. The van der Waals surface area contributed by atoms with Crippen LogP contribution in [0.25, 0.3) is 0 Å². The van der Waals surface area contributed by atoms with Crippen molar-refractivity contribution in [1.82, 2.24) is 0 Å². The van der Waals surface area contributed by atoms with E-state index < -0.39 is 5.41 Å². The zero-order chi connectivity index (χ0) is 17.4. The molecule has 0 aromatic heterocycles. The largest absolute Gasteiger partial charge is 0.486 e. The van der Waals surface area contributed by atoms with Crippen LogP contribution in [-0.2, 0) is 10.2 Å². The first-order valence-electron chi connectivity index (χ1n) is 8.90. The van der Waals surface area contributed by atoms with Gasteiger partial charge in [-0.15, -0.1) is 0 Å². The van der Waals surface area contributed by atoms with E-state index in [1.54, 1.807) is 0 Å². The summed E-state index contributed by atoms with van der Waals surface area (Å²) in [5.74, 6) is 2.04. The lowest BCUT2D eigenvalue weighted by Gasteiger charge is -2.21. The van der Waals surface area contributed by atoms with Crippen molar-refractivity contribution in [2.75, 3.05) is 18.5 Å². The quantitative estimate of drug-likeness (QED) is 0.907. The van der Waals surface area contributed by atoms with Gasteiger partial charge in [0.25, 0.3) is 0 Å². The van der Waals surface area contributed by atoms with Crippen molar-refractivity contribution in [3.63, 3.8) is 0 Å². The number of nitrogens with one attached hydrogen (secondary N) is 1. The molecular formula is C21H23NO3. The highest BCUT2D eigenvalue weighted by Crippen LogP contribution is 2.50. The van der Waals surface area contributed by atoms with Gasteiger partial charge in [0, 0.05) is 5.69 Å². The van der Waals surface area contributed by atoms with Crippen LogP contribution in [-0.4, -0.2) is 19.1 Å². The summed E-state index contributed by atoms with van der Waals surface area (Å²) in [5, 5.41) is 3.08. The average molecular weight is 337 g/mol. The van der Waals surface area contributed by atoms with Crippen molar-refractivity contribution in [3.05, 3.63) is 53.6 Å². The lowest BCUT2D eigenvalue weighted by molar-refractivity contribution is -0.118. The Morgan fingerprint density at radius 1 is 1.00 bits per heavy atom. The van der Waals surface area contributed by atoms with Gasteiger partial charge in [-0.2, -0.15) is 0 Å². The van der Waals surface area contributed by atoms with Gasteiger partial charge < -0.3 is 14.8 Å². The third-order valence-electron chi connectivity index (χ3n) is 5.11. The molecule has 2 aliphatic rings. The molecule has 1 N–H and O–H groups in total. The molecule has 1 heterocycles. The minimum atomic E-state index is -0.438. The molecule has 0 spiro atoms. The first kappa shape index (κ1) is 16.0. The molecule has 0 bridgehead atoms. The standard InChI is InChI=1S/C21H23NO3/c1-14(2)15-3-6-17(7-4-15)22-20(23)21(9-10-21)16-5-8-18-19(13-16)25-12-11-24-18/h3-8,13-14H,9-12H2,1-2H3,(H,22,23). The maximum atomic E-state index is 12.9. The van der Waals surface area contributed by atoms with Crippen molar-refractivity contribution in [1.29, 1.82) is 0 Å². The monoisotopic (exact) mass is 337 g/mol. The third-order valence-corrected chi connectivity index (χ3v) is 5.11. The molecule has 1 aliphatic heterocycles. The molecule has 25 heavy (non-hydrogen) atoms. The minimum absolute atomic E-state index is 0.0569. The Kier molecular flexibility index (Phi) is 3.91. The zero-order valence-electron chi connectivity index (χ0n) is 14.7. The Bertz CT molecular complexity index is 791. The van der Waals surface area contributed by atoms with Crippen molar-refractivity contribution >= 4 is 11.6 Å². The highest BCUT2D eigenvalue weighted by molar-refractivity contribution is 6.01. The molecule has 2 aromatic carbocycles. The molecule has 0 unspecified atom stereocenters. The van der Waals surface area contributed by atoms with Gasteiger partial charge in [-0.25, -0.2) is 0 Å². The highest BCUT2D eigenvalue weighted by atomic mass is 16.6. The molecular weight excluding hydrogens is 314 g/mol. The number of carbonyl (C=O) groups excluding carboxylic acids is 1. The maximum absolute atomic E-state index is 12.9. The lowest BCUT2D eigenvalue weighted by atomic mass is 9.94. The summed E-state index contributed by atoms with van der Waals surface area (Å²) in [6.07, 6.45) is 1.73. The minimum Gasteiger partial charge on any atom is -0.486 e. The van der Waals surface area contributed by atoms with Gasteiger partial charge >= 0.3 is 0 Å². The van der Waals surface area contributed by atoms with Crippen LogP contribution >= 0.6 is 0 Å². The fourth-order valence-electron chi connectivity index (χ4n) is 3.31. The molecule has 4 rings (SSSR count). The summed E-state index contributed by atoms with van der Waals surface area (Å²) in [7, 11) is 0. The van der Waals surface area contributed by atoms with Crippen LogP contribution < -0.4 is 14.8 Å². The lowest BCUT2D eigenvalue weighted by Crippen LogP contribution is -2.28. The van der Waals surface area contributed by atoms with E-state index in [2.05, 4.69) is 31.3 Å². The van der Waals surface area contributed by atoms with Gasteiger partial charge in [-0.05, 0) is 54.2 Å². The normalized spacial score (nSPS) is 17.2. The van der Waals surface area contributed by atoms with Crippen molar-refractivity contribution in [3.8, 4) is 11.5 Å². The first-order valence-corrected chi connectivity index (χ1v) is 8.90. The summed E-state index contributed by atoms with van der Waals surface area (Å²) >= 11 is 0. The topological polar surface area (TPSA) is 47.6 Å². The van der Waals surface area contributed by atoms with Crippen LogP contribution in [0.15, 0.2) is 42.5 Å². The van der Waals surface area contributed by atoms with Crippen LogP contribution in [0, 0.1) is 0 Å². The van der Waals surface area contributed by atoms with Crippen LogP contribution in [0.5, 0.6) is 11.5 Å². The van der Waals surface area contributed by atoms with E-state index in [0.29, 0.717) is 19.1 Å². The summed E-state index contributed by atoms with van der Waals surface area (Å²) in [6, 6.07) is 14.0. The average Bonchev–Trinajstić information content (AvgIpc) is 3.44. The number of rotatable bonds is 4. The maximum Gasteiger partial charge on any atom is 0.235 e. The first-order chi connectivity index (χ1) is 12.1. The molecule has 1 fully saturated rings. The number of anilines is 1. The summed E-state index contributed by atoms with van der Waals surface area (Å²) in [6.45, 7) is 5.45. The third kappa shape index (κ3) is 2.97. The summed E-state index contributed by atoms with van der Waals surface area (Å²) < 4.78 is 11.2. The number of carbonyl (C=O) groups is 1. The molecule has 2 aromatic rings. The van der Waals surface area contributed by atoms with E-state index in [-0.39, 0.29) is 5.91 Å². The molecule has 1 amide bonds. The van der Waals surface area contributed by atoms with Gasteiger partial charge in [0.2, 0.25) is 5.91 Å². The second kappa shape index (κ2) is 6.10. The number of benzene rings is 2. The van der Waals surface area contributed by atoms with Gasteiger partial charge in [-0.1, -0.05) is 32.0 Å². The predicted octanol–water partition coefficient (Wildman–Crippen LogP) is 4.25. The van der Waals surface area contributed by atoms with E-state index in [1.807, 2.05) is 30.3 Å². The van der Waals surface area contributed by atoms with E-state index in [4.69, 9.17) is 9.47 Å². The van der Waals surface area contributed by atoms with E-state index in [9.17, 15) is 4.79 Å². The van der Waals surface area contributed by atoms with E-state index >= 15 is 0 Å². The SMILES string of the molecule is CC(C)c1ccc(NC(=O)C2(c3ccc4c(c3)OCCO4)CC2)cc1. The van der Waals surface area contributed by atoms with E-state index in [0.717, 1.165) is 35.6 Å². The molecule has 4 nitrogen and oxygen atoms in total. The highest BCUT2D eigenvalue weighted by Gasteiger charge is 2.51. The summed E-state index contributed by atoms with van der Waals surface area (Å²) in [4.78, 5) is 12.9. The number of amides is 1. The van der Waals surface area contributed by atoms with Crippen molar-refractivity contribution in [2.45, 2.75) is 38.0 Å². The van der Waals surface area contributed by atoms with E-state index in [1.165, 1.54) is 5.56 Å². The molecule has 0 saturated heterocycles. The van der Waals surface area contributed by atoms with Crippen molar-refractivity contribution < 1.29 is 14.3 Å². The fourth-order valence-corrected chi connectivity index (χ4v) is 3.31. The Balaban J connectivity index is 1.53. The fraction of sp³-hybridized carbons (Fsp3) is 0.381.